The van der Waals surface area contributed by atoms with E-state index in [-0.39, 0.29) is 17.1 Å². The molecule has 23 heavy (non-hydrogen) atoms. The number of Topliss-reactive ketones (excluding diaryl/α,β-unsaturated/α-hetero) is 2. The second-order valence-corrected chi connectivity index (χ2v) is 5.70. The monoisotopic (exact) mass is 326 g/mol. The van der Waals surface area contributed by atoms with E-state index in [1.54, 1.807) is 42.5 Å². The highest BCUT2D eigenvalue weighted by atomic mass is 35.5. The Bertz CT molecular complexity index is 846. The summed E-state index contributed by atoms with van der Waals surface area (Å²) in [5.74, 6) is 0.478. The molecule has 1 aliphatic heterocycles. The Labute approximate surface area is 137 Å². The van der Waals surface area contributed by atoms with Crippen LogP contribution in [0, 0.1) is 0 Å². The van der Waals surface area contributed by atoms with Gasteiger partial charge in [-0.2, -0.15) is 0 Å². The average Bonchev–Trinajstić information content (AvgIpc) is 2.81. The van der Waals surface area contributed by atoms with E-state index in [0.717, 1.165) is 0 Å². The van der Waals surface area contributed by atoms with Gasteiger partial charge in [-0.1, -0.05) is 35.9 Å². The van der Waals surface area contributed by atoms with Crippen molar-refractivity contribution in [3.8, 4) is 11.5 Å². The minimum atomic E-state index is -0.267. The fourth-order valence-corrected chi connectivity index (χ4v) is 3.06. The van der Waals surface area contributed by atoms with Gasteiger partial charge in [-0.3, -0.25) is 9.59 Å². The predicted octanol–water partition coefficient (Wildman–Crippen LogP) is 3.57. The van der Waals surface area contributed by atoms with E-state index in [2.05, 4.69) is 0 Å². The molecular weight excluding hydrogens is 316 g/mol. The maximum Gasteiger partial charge on any atom is 0.197 e. The molecule has 4 nitrogen and oxygen atoms in total. The molecule has 0 aromatic heterocycles. The lowest BCUT2D eigenvalue weighted by molar-refractivity contribution is 0.0990. The van der Waals surface area contributed by atoms with E-state index in [1.807, 2.05) is 0 Å². The van der Waals surface area contributed by atoms with Crippen LogP contribution in [0.5, 0.6) is 11.5 Å². The van der Waals surface area contributed by atoms with Crippen LogP contribution in [0.1, 0.15) is 26.3 Å². The number of hydrogen-bond acceptors (Lipinski definition) is 4. The maximum atomic E-state index is 12.4. The Morgan fingerprint density at radius 2 is 1.61 bits per heavy atom. The minimum absolute atomic E-state index is 0.138. The first kappa shape index (κ1) is 14.0. The Morgan fingerprint density at radius 1 is 0.957 bits per heavy atom. The molecule has 0 fully saturated rings. The second kappa shape index (κ2) is 5.25. The molecule has 114 valence electrons. The molecule has 0 amide bonds. The molecule has 5 heteroatoms. The number of ketones is 2. The first-order valence-electron chi connectivity index (χ1n) is 7.14. The van der Waals surface area contributed by atoms with E-state index < -0.39 is 0 Å². The van der Waals surface area contributed by atoms with Crippen LogP contribution in [0.4, 0.5) is 0 Å². The normalized spacial score (nSPS) is 15.6. The number of carbonyl (C=O) groups is 2. The van der Waals surface area contributed by atoms with Crippen molar-refractivity contribution in [3.05, 3.63) is 63.7 Å². The highest BCUT2D eigenvalue weighted by molar-refractivity contribution is 6.41. The summed E-state index contributed by atoms with van der Waals surface area (Å²) in [5.41, 5.74) is 1.64. The Balaban J connectivity index is 1.79. The van der Waals surface area contributed by atoms with Crippen molar-refractivity contribution in [2.75, 3.05) is 13.2 Å². The van der Waals surface area contributed by atoms with Gasteiger partial charge in [0.1, 0.15) is 13.2 Å². The fraction of sp³-hybridized carbons (Fsp3) is 0.111. The van der Waals surface area contributed by atoms with Crippen molar-refractivity contribution in [1.82, 2.24) is 0 Å². The lowest BCUT2D eigenvalue weighted by atomic mass is 10.1. The number of halogens is 1. The molecule has 1 aliphatic carbocycles. The quantitative estimate of drug-likeness (QED) is 0.594. The zero-order chi connectivity index (χ0) is 16.0. The summed E-state index contributed by atoms with van der Waals surface area (Å²) in [6.07, 6.45) is 1.55. The number of rotatable bonds is 1. The zero-order valence-corrected chi connectivity index (χ0v) is 12.7. The number of hydrogen-bond donors (Lipinski definition) is 0. The third kappa shape index (κ3) is 2.23. The standard InChI is InChI=1S/C18H11ClO4/c19-14-8-10(9-15-18(14)23-6-5-22-15)7-13-16(20)11-3-1-2-4-12(11)17(13)21/h1-4,7-9H,5-6H2. The lowest BCUT2D eigenvalue weighted by Crippen LogP contribution is -2.15. The van der Waals surface area contributed by atoms with Gasteiger partial charge in [-0.15, -0.1) is 0 Å². The van der Waals surface area contributed by atoms with Crippen LogP contribution < -0.4 is 9.47 Å². The fourth-order valence-electron chi connectivity index (χ4n) is 2.78. The third-order valence-corrected chi connectivity index (χ3v) is 4.12. The topological polar surface area (TPSA) is 52.6 Å². The summed E-state index contributed by atoms with van der Waals surface area (Å²) in [4.78, 5) is 24.8. The Kier molecular flexibility index (Phi) is 3.20. The molecule has 2 aliphatic rings. The molecule has 0 radical (unpaired) electrons. The van der Waals surface area contributed by atoms with Crippen molar-refractivity contribution >= 4 is 29.2 Å². The summed E-state index contributed by atoms with van der Waals surface area (Å²) in [5, 5.41) is 0.393. The maximum absolute atomic E-state index is 12.4. The summed E-state index contributed by atoms with van der Waals surface area (Å²) in [6, 6.07) is 10.2. The second-order valence-electron chi connectivity index (χ2n) is 5.29. The van der Waals surface area contributed by atoms with Gasteiger partial charge in [0.25, 0.3) is 0 Å². The predicted molar refractivity (Wildman–Crippen MR) is 85.5 cm³/mol. The van der Waals surface area contributed by atoms with E-state index in [1.165, 1.54) is 0 Å². The lowest BCUT2D eigenvalue weighted by Gasteiger charge is -2.19. The van der Waals surface area contributed by atoms with Crippen LogP contribution >= 0.6 is 11.6 Å². The number of benzene rings is 2. The Morgan fingerprint density at radius 3 is 2.30 bits per heavy atom. The van der Waals surface area contributed by atoms with Crippen molar-refractivity contribution in [3.63, 3.8) is 0 Å². The SMILES string of the molecule is O=C1C(=Cc2cc(Cl)c3c(c2)OCCO3)C(=O)c2ccccc21. The van der Waals surface area contributed by atoms with E-state index in [4.69, 9.17) is 21.1 Å². The number of allylic oxidation sites excluding steroid dienone is 1. The van der Waals surface area contributed by atoms with Crippen LogP contribution in [0.15, 0.2) is 42.0 Å². The molecule has 0 bridgehead atoms. The third-order valence-electron chi connectivity index (χ3n) is 3.84. The van der Waals surface area contributed by atoms with E-state index >= 15 is 0 Å². The minimum Gasteiger partial charge on any atom is -0.486 e. The summed E-state index contributed by atoms with van der Waals surface area (Å²) in [6.45, 7) is 0.881. The first-order valence-corrected chi connectivity index (χ1v) is 7.52. The molecular formula is C18H11ClO4. The Hall–Kier alpha value is -2.59. The molecule has 2 aromatic rings. The molecule has 2 aromatic carbocycles. The molecule has 0 unspecified atom stereocenters. The largest absolute Gasteiger partial charge is 0.486 e. The molecule has 1 heterocycles. The number of fused-ring (bicyclic) bond motifs is 2. The van der Waals surface area contributed by atoms with Crippen molar-refractivity contribution in [2.24, 2.45) is 0 Å². The van der Waals surface area contributed by atoms with Crippen LogP contribution in [0.2, 0.25) is 5.02 Å². The molecule has 0 N–H and O–H groups in total. The molecule has 0 atom stereocenters. The van der Waals surface area contributed by atoms with Crippen molar-refractivity contribution in [2.45, 2.75) is 0 Å². The highest BCUT2D eigenvalue weighted by Gasteiger charge is 2.32. The molecule has 0 saturated carbocycles. The van der Waals surface area contributed by atoms with E-state index in [9.17, 15) is 9.59 Å². The number of ether oxygens (including phenoxy) is 2. The van der Waals surface area contributed by atoms with Crippen LogP contribution in [0.3, 0.4) is 0 Å². The number of carbonyl (C=O) groups excluding carboxylic acids is 2. The summed E-state index contributed by atoms with van der Waals surface area (Å²) < 4.78 is 11.0. The smallest absolute Gasteiger partial charge is 0.197 e. The van der Waals surface area contributed by atoms with Crippen LogP contribution in [-0.2, 0) is 0 Å². The van der Waals surface area contributed by atoms with Gasteiger partial charge in [0.05, 0.1) is 10.6 Å². The van der Waals surface area contributed by atoms with Gasteiger partial charge in [-0.05, 0) is 23.8 Å². The van der Waals surface area contributed by atoms with Crippen molar-refractivity contribution in [1.29, 1.82) is 0 Å². The van der Waals surface area contributed by atoms with E-state index in [0.29, 0.717) is 46.4 Å². The molecule has 0 spiro atoms. The molecule has 0 saturated heterocycles. The van der Waals surface area contributed by atoms with Gasteiger partial charge >= 0.3 is 0 Å². The van der Waals surface area contributed by atoms with Gasteiger partial charge < -0.3 is 9.47 Å². The van der Waals surface area contributed by atoms with Gasteiger partial charge in [0.2, 0.25) is 0 Å². The van der Waals surface area contributed by atoms with Crippen LogP contribution in [-0.4, -0.2) is 24.8 Å². The van der Waals surface area contributed by atoms with Gasteiger partial charge in [0, 0.05) is 11.1 Å². The zero-order valence-electron chi connectivity index (χ0n) is 12.0. The first-order chi connectivity index (χ1) is 11.1. The summed E-state index contributed by atoms with van der Waals surface area (Å²) in [7, 11) is 0. The van der Waals surface area contributed by atoms with Gasteiger partial charge in [0.15, 0.2) is 23.1 Å². The summed E-state index contributed by atoms with van der Waals surface area (Å²) >= 11 is 6.19. The average molecular weight is 327 g/mol. The highest BCUT2D eigenvalue weighted by Crippen LogP contribution is 2.39. The van der Waals surface area contributed by atoms with Crippen molar-refractivity contribution < 1.29 is 19.1 Å². The van der Waals surface area contributed by atoms with Gasteiger partial charge in [-0.25, -0.2) is 0 Å². The van der Waals surface area contributed by atoms with Crippen LogP contribution in [0.25, 0.3) is 6.08 Å². The molecule has 4 rings (SSSR count).